The highest BCUT2D eigenvalue weighted by Gasteiger charge is 2.50. The highest BCUT2D eigenvalue weighted by Crippen LogP contribution is 2.30. The number of hydrogen-bond donors (Lipinski definition) is 2. The summed E-state index contributed by atoms with van der Waals surface area (Å²) in [4.78, 5) is 3.64. The van der Waals surface area contributed by atoms with Crippen LogP contribution in [0.2, 0.25) is 0 Å². The van der Waals surface area contributed by atoms with Crippen LogP contribution in [-0.4, -0.2) is 60.8 Å². The van der Waals surface area contributed by atoms with Crippen molar-refractivity contribution < 1.29 is 36.2 Å². The molecule has 1 aliphatic heterocycles. The minimum atomic E-state index is -4.24. The molecule has 166 valence electrons. The second-order valence-corrected chi connectivity index (χ2v) is 8.56. The van der Waals surface area contributed by atoms with Crippen molar-refractivity contribution in [2.24, 2.45) is 5.73 Å². The SMILES string of the molecule is N#Cc1ccc(OC2CN(S(=O)(=O)c3ccc(OC(F)F)cn3)C[C@@]2(O)CN)cc1F. The molecule has 2 heterocycles. The summed E-state index contributed by atoms with van der Waals surface area (Å²) in [6.45, 7) is -4.23. The Morgan fingerprint density at radius 1 is 1.35 bits per heavy atom. The fourth-order valence-corrected chi connectivity index (χ4v) is 4.42. The summed E-state index contributed by atoms with van der Waals surface area (Å²) < 4.78 is 74.7. The van der Waals surface area contributed by atoms with Gasteiger partial charge in [-0.15, -0.1) is 0 Å². The first-order valence-electron chi connectivity index (χ1n) is 8.79. The molecular weight excluding hydrogens is 441 g/mol. The number of aromatic nitrogens is 1. The van der Waals surface area contributed by atoms with Crippen LogP contribution in [0.4, 0.5) is 13.2 Å². The molecule has 0 bridgehead atoms. The molecule has 2 aromatic rings. The van der Waals surface area contributed by atoms with Gasteiger partial charge in [-0.25, -0.2) is 17.8 Å². The zero-order valence-electron chi connectivity index (χ0n) is 15.8. The number of halogens is 3. The summed E-state index contributed by atoms with van der Waals surface area (Å²) in [5.41, 5.74) is 3.62. The van der Waals surface area contributed by atoms with Crippen molar-refractivity contribution in [3.05, 3.63) is 47.9 Å². The van der Waals surface area contributed by atoms with Gasteiger partial charge in [0.1, 0.15) is 35.1 Å². The lowest BCUT2D eigenvalue weighted by molar-refractivity contribution is -0.0501. The number of ether oxygens (including phenoxy) is 2. The number of hydrogen-bond acceptors (Lipinski definition) is 8. The van der Waals surface area contributed by atoms with Crippen molar-refractivity contribution in [1.82, 2.24) is 9.29 Å². The molecule has 3 N–H and O–H groups in total. The number of benzene rings is 1. The topological polar surface area (TPSA) is 139 Å². The first-order chi connectivity index (χ1) is 14.6. The monoisotopic (exact) mass is 458 g/mol. The van der Waals surface area contributed by atoms with Gasteiger partial charge < -0.3 is 20.3 Å². The lowest BCUT2D eigenvalue weighted by Crippen LogP contribution is -2.50. The summed E-state index contributed by atoms with van der Waals surface area (Å²) in [5.74, 6) is -1.19. The Kier molecular flexibility index (Phi) is 6.37. The molecule has 2 atom stereocenters. The molecule has 3 rings (SSSR count). The maximum Gasteiger partial charge on any atom is 0.387 e. The molecule has 13 heteroatoms. The van der Waals surface area contributed by atoms with Crippen LogP contribution in [0.5, 0.6) is 11.5 Å². The predicted molar refractivity (Wildman–Crippen MR) is 99.2 cm³/mol. The zero-order chi connectivity index (χ0) is 22.8. The fraction of sp³-hybridized carbons (Fsp3) is 0.333. The summed E-state index contributed by atoms with van der Waals surface area (Å²) >= 11 is 0. The normalized spacial score (nSPS) is 21.8. The number of rotatable bonds is 7. The van der Waals surface area contributed by atoms with Crippen molar-refractivity contribution >= 4 is 10.0 Å². The van der Waals surface area contributed by atoms with Gasteiger partial charge in [0.2, 0.25) is 0 Å². The summed E-state index contributed by atoms with van der Waals surface area (Å²) in [7, 11) is -4.24. The van der Waals surface area contributed by atoms with E-state index in [-0.39, 0.29) is 30.2 Å². The number of aliphatic hydroxyl groups is 1. The van der Waals surface area contributed by atoms with Gasteiger partial charge in [-0.3, -0.25) is 0 Å². The third-order valence-corrected chi connectivity index (χ3v) is 6.38. The molecule has 0 amide bonds. The van der Waals surface area contributed by atoms with Crippen LogP contribution in [0, 0.1) is 17.1 Å². The zero-order valence-corrected chi connectivity index (χ0v) is 16.6. The molecule has 0 saturated carbocycles. The third-order valence-electron chi connectivity index (χ3n) is 4.65. The fourth-order valence-electron chi connectivity index (χ4n) is 3.00. The smallest absolute Gasteiger partial charge is 0.387 e. The van der Waals surface area contributed by atoms with E-state index >= 15 is 0 Å². The third kappa shape index (κ3) is 4.72. The van der Waals surface area contributed by atoms with Gasteiger partial charge in [0.05, 0.1) is 18.3 Å². The van der Waals surface area contributed by atoms with Crippen LogP contribution in [0.15, 0.2) is 41.6 Å². The van der Waals surface area contributed by atoms with Crippen molar-refractivity contribution in [1.29, 1.82) is 5.26 Å². The van der Waals surface area contributed by atoms with E-state index in [1.807, 2.05) is 0 Å². The molecule has 9 nitrogen and oxygen atoms in total. The van der Waals surface area contributed by atoms with Crippen LogP contribution in [0.25, 0.3) is 0 Å². The second kappa shape index (κ2) is 8.67. The Balaban J connectivity index is 1.82. The van der Waals surface area contributed by atoms with E-state index in [9.17, 15) is 26.7 Å². The molecular formula is C18H17F3N4O5S. The molecule has 1 aromatic heterocycles. The standard InChI is InChI=1S/C18H17F3N4O5S/c19-14-5-12(2-1-11(14)6-22)29-15-8-25(10-18(15,26)9-23)31(27,28)16-4-3-13(7-24-16)30-17(20)21/h1-5,7,15,17,26H,8-10,23H2/t15?,18-/m0/s1. The van der Waals surface area contributed by atoms with Gasteiger partial charge in [0.15, 0.2) is 5.03 Å². The van der Waals surface area contributed by atoms with Crippen molar-refractivity contribution in [2.45, 2.75) is 23.3 Å². The number of β-amino-alcohol motifs (C(OH)–C–C–N with tert-alkyl or cyclic N) is 1. The molecule has 1 fully saturated rings. The Bertz CT molecular complexity index is 1090. The Morgan fingerprint density at radius 2 is 2.06 bits per heavy atom. The number of pyridine rings is 1. The summed E-state index contributed by atoms with van der Waals surface area (Å²) in [6.07, 6.45) is -0.321. The molecule has 0 spiro atoms. The maximum atomic E-state index is 13.8. The predicted octanol–water partition coefficient (Wildman–Crippen LogP) is 0.835. The van der Waals surface area contributed by atoms with Gasteiger partial charge in [0.25, 0.3) is 10.0 Å². The van der Waals surface area contributed by atoms with E-state index in [0.29, 0.717) is 0 Å². The second-order valence-electron chi connectivity index (χ2n) is 6.68. The van der Waals surface area contributed by atoms with Gasteiger partial charge in [-0.2, -0.15) is 18.3 Å². The van der Waals surface area contributed by atoms with Crippen molar-refractivity contribution in [3.63, 3.8) is 0 Å². The van der Waals surface area contributed by atoms with E-state index in [0.717, 1.165) is 28.7 Å². The lowest BCUT2D eigenvalue weighted by Gasteiger charge is -2.27. The van der Waals surface area contributed by atoms with Crippen LogP contribution < -0.4 is 15.2 Å². The Morgan fingerprint density at radius 3 is 2.61 bits per heavy atom. The van der Waals surface area contributed by atoms with Crippen LogP contribution in [0.3, 0.4) is 0 Å². The number of alkyl halides is 2. The lowest BCUT2D eigenvalue weighted by atomic mass is 10.0. The molecule has 1 saturated heterocycles. The van der Waals surface area contributed by atoms with Crippen LogP contribution in [0.1, 0.15) is 5.56 Å². The van der Waals surface area contributed by atoms with E-state index in [2.05, 4.69) is 9.72 Å². The van der Waals surface area contributed by atoms with E-state index in [1.54, 1.807) is 6.07 Å². The van der Waals surface area contributed by atoms with E-state index in [1.165, 1.54) is 12.1 Å². The quantitative estimate of drug-likeness (QED) is 0.622. The maximum absolute atomic E-state index is 13.8. The Labute approximate surface area is 175 Å². The number of sulfonamides is 1. The Hall–Kier alpha value is -2.92. The highest BCUT2D eigenvalue weighted by molar-refractivity contribution is 7.89. The minimum absolute atomic E-state index is 0.0285. The number of nitriles is 1. The summed E-state index contributed by atoms with van der Waals surface area (Å²) in [5, 5.41) is 19.1. The van der Waals surface area contributed by atoms with Crippen LogP contribution >= 0.6 is 0 Å². The van der Waals surface area contributed by atoms with Gasteiger partial charge >= 0.3 is 6.61 Å². The number of nitrogens with zero attached hydrogens (tertiary/aromatic N) is 3. The molecule has 0 aliphatic carbocycles. The van der Waals surface area contributed by atoms with E-state index < -0.39 is 45.7 Å². The molecule has 1 unspecified atom stereocenters. The first kappa shape index (κ1) is 22.8. The minimum Gasteiger partial charge on any atom is -0.486 e. The van der Waals surface area contributed by atoms with Gasteiger partial charge in [0, 0.05) is 19.2 Å². The van der Waals surface area contributed by atoms with Gasteiger partial charge in [-0.05, 0) is 24.3 Å². The van der Waals surface area contributed by atoms with Crippen molar-refractivity contribution in [2.75, 3.05) is 19.6 Å². The molecule has 31 heavy (non-hydrogen) atoms. The highest BCUT2D eigenvalue weighted by atomic mass is 32.2. The van der Waals surface area contributed by atoms with E-state index in [4.69, 9.17) is 15.7 Å². The largest absolute Gasteiger partial charge is 0.486 e. The summed E-state index contributed by atoms with van der Waals surface area (Å²) in [6, 6.07) is 7.09. The molecule has 1 aromatic carbocycles. The van der Waals surface area contributed by atoms with Gasteiger partial charge in [-0.1, -0.05) is 0 Å². The molecule has 0 radical (unpaired) electrons. The van der Waals surface area contributed by atoms with Crippen LogP contribution in [-0.2, 0) is 10.0 Å². The average molecular weight is 458 g/mol. The molecule has 1 aliphatic rings. The average Bonchev–Trinajstić information content (AvgIpc) is 3.06. The first-order valence-corrected chi connectivity index (χ1v) is 10.2. The number of nitrogens with two attached hydrogens (primary N) is 1. The van der Waals surface area contributed by atoms with Crippen molar-refractivity contribution in [3.8, 4) is 17.6 Å².